The van der Waals surface area contributed by atoms with Crippen molar-refractivity contribution >= 4 is 23.8 Å². The molecule has 27 heavy (non-hydrogen) atoms. The van der Waals surface area contributed by atoms with E-state index in [2.05, 4.69) is 78.9 Å². The molecule has 2 nitrogen and oxygen atoms in total. The van der Waals surface area contributed by atoms with Crippen LogP contribution in [0.15, 0.2) is 84.5 Å². The Hall–Kier alpha value is -2.18. The molecule has 2 aromatic rings. The number of rotatable bonds is 9. The van der Waals surface area contributed by atoms with Crippen LogP contribution in [0.1, 0.15) is 32.1 Å². The molecule has 3 heteroatoms. The van der Waals surface area contributed by atoms with Crippen molar-refractivity contribution in [2.24, 2.45) is 0 Å². The second-order valence-corrected chi connectivity index (χ2v) is 11.5. The average molecular weight is 380 g/mol. The molecule has 0 saturated carbocycles. The second-order valence-electron chi connectivity index (χ2n) is 7.35. The molecule has 0 fully saturated rings. The third kappa shape index (κ3) is 5.17. The summed E-state index contributed by atoms with van der Waals surface area (Å²) in [4.78, 5) is 11.0. The molecule has 0 saturated heterocycles. The Balaban J connectivity index is 1.99. The molecule has 0 radical (unpaired) electrons. The molecule has 1 aliphatic rings. The van der Waals surface area contributed by atoms with Crippen LogP contribution in [0.3, 0.4) is 0 Å². The standard InChI is InChI=1S/C24H29O2P/c25-24(26)18-10-11-19-27(22-14-6-2-7-15-22,23-16-8-3-9-17-23)20-21-12-4-1-5-13-21/h2-4,6-9,12-17,27H,1,5,10-11,18-20H2,(H,25,26). The summed E-state index contributed by atoms with van der Waals surface area (Å²) in [7, 11) is -2.02. The van der Waals surface area contributed by atoms with Gasteiger partial charge in [0.1, 0.15) is 0 Å². The number of unbranched alkanes of at least 4 members (excludes halogenated alkanes) is 1. The van der Waals surface area contributed by atoms with Gasteiger partial charge in [-0.3, -0.25) is 0 Å². The van der Waals surface area contributed by atoms with Crippen LogP contribution < -0.4 is 10.6 Å². The Labute approximate surface area is 163 Å². The molecule has 1 aliphatic carbocycles. The minimum atomic E-state index is -2.02. The summed E-state index contributed by atoms with van der Waals surface area (Å²) in [6, 6.07) is 21.9. The van der Waals surface area contributed by atoms with Gasteiger partial charge >= 0.3 is 163 Å². The number of aliphatic carboxylic acids is 1. The van der Waals surface area contributed by atoms with Crippen molar-refractivity contribution in [2.45, 2.75) is 32.1 Å². The first-order valence-corrected chi connectivity index (χ1v) is 12.3. The average Bonchev–Trinajstić information content (AvgIpc) is 2.72. The van der Waals surface area contributed by atoms with E-state index in [0.717, 1.165) is 38.0 Å². The van der Waals surface area contributed by atoms with E-state index in [1.165, 1.54) is 16.2 Å². The fourth-order valence-electron chi connectivity index (χ4n) is 4.11. The van der Waals surface area contributed by atoms with Gasteiger partial charge in [-0.05, 0) is 0 Å². The van der Waals surface area contributed by atoms with Gasteiger partial charge in [-0.25, -0.2) is 0 Å². The zero-order chi connectivity index (χ0) is 19.0. The first kappa shape index (κ1) is 19.6. The Morgan fingerprint density at radius 2 is 1.52 bits per heavy atom. The van der Waals surface area contributed by atoms with E-state index in [1.807, 2.05) is 0 Å². The van der Waals surface area contributed by atoms with Crippen molar-refractivity contribution in [1.29, 1.82) is 0 Å². The van der Waals surface area contributed by atoms with Crippen molar-refractivity contribution in [1.82, 2.24) is 0 Å². The normalized spacial score (nSPS) is 14.6. The Morgan fingerprint density at radius 3 is 2.04 bits per heavy atom. The topological polar surface area (TPSA) is 37.3 Å². The monoisotopic (exact) mass is 380 g/mol. The van der Waals surface area contributed by atoms with E-state index in [9.17, 15) is 4.79 Å². The maximum absolute atomic E-state index is 11.0. The van der Waals surface area contributed by atoms with Crippen LogP contribution in [0.2, 0.25) is 0 Å². The summed E-state index contributed by atoms with van der Waals surface area (Å²) in [5.74, 6) is -0.695. The quantitative estimate of drug-likeness (QED) is 0.495. The van der Waals surface area contributed by atoms with Crippen LogP contribution in [0.25, 0.3) is 0 Å². The molecule has 2 aromatic carbocycles. The number of hydrogen-bond donors (Lipinski definition) is 1. The summed E-state index contributed by atoms with van der Waals surface area (Å²) >= 11 is 0. The second kappa shape index (κ2) is 9.67. The summed E-state index contributed by atoms with van der Waals surface area (Å²) in [5.41, 5.74) is 1.44. The molecule has 142 valence electrons. The van der Waals surface area contributed by atoms with Gasteiger partial charge in [0.2, 0.25) is 0 Å². The molecule has 0 unspecified atom stereocenters. The third-order valence-electron chi connectivity index (χ3n) is 5.47. The van der Waals surface area contributed by atoms with E-state index >= 15 is 0 Å². The van der Waals surface area contributed by atoms with E-state index in [4.69, 9.17) is 5.11 Å². The fourth-order valence-corrected chi connectivity index (χ4v) is 9.08. The molecule has 0 spiro atoms. The van der Waals surface area contributed by atoms with E-state index in [0.29, 0.717) is 0 Å². The van der Waals surface area contributed by atoms with Gasteiger partial charge in [0, 0.05) is 0 Å². The van der Waals surface area contributed by atoms with Crippen molar-refractivity contribution in [3.63, 3.8) is 0 Å². The zero-order valence-electron chi connectivity index (χ0n) is 15.8. The van der Waals surface area contributed by atoms with E-state index in [-0.39, 0.29) is 6.42 Å². The van der Waals surface area contributed by atoms with E-state index < -0.39 is 13.2 Å². The van der Waals surface area contributed by atoms with Crippen LogP contribution in [0, 0.1) is 0 Å². The molecule has 0 aromatic heterocycles. The van der Waals surface area contributed by atoms with Gasteiger partial charge in [-0.2, -0.15) is 0 Å². The number of carboxylic acids is 1. The molecule has 0 bridgehead atoms. The fraction of sp³-hybridized carbons (Fsp3) is 0.292. The number of carboxylic acid groups (broad SMARTS) is 1. The van der Waals surface area contributed by atoms with Gasteiger partial charge in [-0.1, -0.05) is 0 Å². The maximum atomic E-state index is 11.0. The van der Waals surface area contributed by atoms with Gasteiger partial charge in [-0.15, -0.1) is 0 Å². The van der Waals surface area contributed by atoms with Crippen molar-refractivity contribution in [2.75, 3.05) is 12.3 Å². The van der Waals surface area contributed by atoms with Gasteiger partial charge in [0.05, 0.1) is 0 Å². The first-order valence-electron chi connectivity index (χ1n) is 9.89. The van der Waals surface area contributed by atoms with Crippen LogP contribution >= 0.6 is 7.26 Å². The first-order chi connectivity index (χ1) is 13.2. The van der Waals surface area contributed by atoms with Crippen LogP contribution in [0.4, 0.5) is 0 Å². The van der Waals surface area contributed by atoms with Gasteiger partial charge in [0.25, 0.3) is 0 Å². The Bertz CT molecular complexity index is 754. The van der Waals surface area contributed by atoms with Crippen molar-refractivity contribution in [3.8, 4) is 0 Å². The van der Waals surface area contributed by atoms with Crippen molar-refractivity contribution < 1.29 is 9.90 Å². The molecular weight excluding hydrogens is 351 g/mol. The summed E-state index contributed by atoms with van der Waals surface area (Å²) in [6.07, 6.45) is 13.4. The predicted molar refractivity (Wildman–Crippen MR) is 118 cm³/mol. The zero-order valence-corrected chi connectivity index (χ0v) is 16.8. The Kier molecular flexibility index (Phi) is 7.01. The van der Waals surface area contributed by atoms with Crippen molar-refractivity contribution in [3.05, 3.63) is 84.5 Å². The number of allylic oxidation sites excluding steroid dienone is 4. The number of carbonyl (C=O) groups is 1. The summed E-state index contributed by atoms with van der Waals surface area (Å²) in [5, 5.41) is 11.9. The molecule has 0 amide bonds. The SMILES string of the molecule is O=C(O)CCCC[PH](CC1=CCCC=C1)(c1ccccc1)c1ccccc1. The van der Waals surface area contributed by atoms with Crippen LogP contribution in [-0.2, 0) is 4.79 Å². The predicted octanol–water partition coefficient (Wildman–Crippen LogP) is 4.92. The van der Waals surface area contributed by atoms with E-state index in [1.54, 1.807) is 0 Å². The van der Waals surface area contributed by atoms with Crippen LogP contribution in [-0.4, -0.2) is 23.4 Å². The van der Waals surface area contributed by atoms with Crippen LogP contribution in [0.5, 0.6) is 0 Å². The molecule has 3 rings (SSSR count). The Morgan fingerprint density at radius 1 is 0.889 bits per heavy atom. The van der Waals surface area contributed by atoms with Gasteiger partial charge < -0.3 is 0 Å². The molecule has 0 atom stereocenters. The summed E-state index contributed by atoms with van der Waals surface area (Å²) in [6.45, 7) is 0. The molecular formula is C24H29O2P. The number of benzene rings is 2. The summed E-state index contributed by atoms with van der Waals surface area (Å²) < 4.78 is 0. The molecule has 1 N–H and O–H groups in total. The third-order valence-corrected chi connectivity index (χ3v) is 10.6. The minimum absolute atomic E-state index is 0.261. The number of hydrogen-bond acceptors (Lipinski definition) is 1. The van der Waals surface area contributed by atoms with Gasteiger partial charge in [0.15, 0.2) is 0 Å². The molecule has 0 aliphatic heterocycles. The molecule has 0 heterocycles.